The van der Waals surface area contributed by atoms with Crippen LogP contribution in [0, 0.1) is 11.8 Å². The van der Waals surface area contributed by atoms with Crippen molar-refractivity contribution in [3.8, 4) is 0 Å². The summed E-state index contributed by atoms with van der Waals surface area (Å²) in [7, 11) is 2.18. The molecule has 3 rings (SSSR count). The van der Waals surface area contributed by atoms with Crippen molar-refractivity contribution < 1.29 is 0 Å². The fraction of sp³-hybridized carbons (Fsp3) is 1.00. The first-order valence-corrected chi connectivity index (χ1v) is 17.5. The lowest BCUT2D eigenvalue weighted by Gasteiger charge is -2.36. The average molecular weight is 614 g/mol. The van der Waals surface area contributed by atoms with Crippen molar-refractivity contribution in [2.45, 2.75) is 59.0 Å². The van der Waals surface area contributed by atoms with Crippen LogP contribution in [0.25, 0.3) is 0 Å². The highest BCUT2D eigenvalue weighted by molar-refractivity contribution is 4.76. The molecule has 11 heteroatoms. The van der Waals surface area contributed by atoms with Crippen LogP contribution in [0.4, 0.5) is 0 Å². The second-order valence-electron chi connectivity index (χ2n) is 13.6. The minimum absolute atomic E-state index is 0.334. The van der Waals surface area contributed by atoms with Gasteiger partial charge in [-0.2, -0.15) is 0 Å². The van der Waals surface area contributed by atoms with Gasteiger partial charge >= 0.3 is 0 Å². The molecule has 43 heavy (non-hydrogen) atoms. The maximum atomic E-state index is 5.88. The average Bonchev–Trinajstić information content (AvgIpc) is 3.02. The van der Waals surface area contributed by atoms with Gasteiger partial charge in [-0.3, -0.25) is 4.90 Å². The van der Waals surface area contributed by atoms with E-state index >= 15 is 0 Å². The van der Waals surface area contributed by atoms with Gasteiger partial charge in [0.1, 0.15) is 0 Å². The second kappa shape index (κ2) is 24.7. The Morgan fingerprint density at radius 2 is 0.953 bits per heavy atom. The standard InChI is InChI=1S/C12H28N4.C11H26N4.C9H21N3/c1-11(7-13)9-15-3-5-16(6-4-15)10-12(2)8-14;1-11(13)3-6-15-9-7-14(8-10-15)5-2-4-12;1-3-9(10)8-12-6-4-11(2)5-7-12/h11-12H,3-10,13-14H2,1-2H3;11H,2-10,12-13H2,1H3;9H,3-8,10H2,1-2H3. The number of nitrogens with two attached hydrogens (primary N) is 5. The highest BCUT2D eigenvalue weighted by atomic mass is 15.3. The minimum Gasteiger partial charge on any atom is -0.330 e. The van der Waals surface area contributed by atoms with Crippen molar-refractivity contribution in [1.29, 1.82) is 0 Å². The van der Waals surface area contributed by atoms with Crippen LogP contribution in [0.1, 0.15) is 47.0 Å². The summed E-state index contributed by atoms with van der Waals surface area (Å²) in [5, 5.41) is 0. The normalized spacial score (nSPS) is 23.0. The Morgan fingerprint density at radius 3 is 1.35 bits per heavy atom. The Morgan fingerprint density at radius 1 is 0.558 bits per heavy atom. The van der Waals surface area contributed by atoms with Gasteiger partial charge in [-0.1, -0.05) is 20.8 Å². The van der Waals surface area contributed by atoms with Crippen LogP contribution < -0.4 is 28.7 Å². The minimum atomic E-state index is 0.334. The Labute approximate surface area is 266 Å². The molecular formula is C32H75N11. The Hall–Kier alpha value is -0.440. The van der Waals surface area contributed by atoms with Gasteiger partial charge < -0.3 is 53.2 Å². The molecule has 0 radical (unpaired) electrons. The van der Waals surface area contributed by atoms with E-state index in [4.69, 9.17) is 28.7 Å². The largest absolute Gasteiger partial charge is 0.330 e. The highest BCUT2D eigenvalue weighted by Crippen LogP contribution is 2.07. The maximum Gasteiger partial charge on any atom is 0.0165 e. The molecule has 0 spiro atoms. The molecule has 4 unspecified atom stereocenters. The van der Waals surface area contributed by atoms with Gasteiger partial charge in [-0.25, -0.2) is 0 Å². The number of nitrogens with zero attached hydrogens (tertiary/aromatic N) is 6. The van der Waals surface area contributed by atoms with E-state index in [0.717, 1.165) is 71.6 Å². The third kappa shape index (κ3) is 20.3. The molecule has 3 heterocycles. The third-order valence-corrected chi connectivity index (χ3v) is 9.07. The molecule has 0 bridgehead atoms. The molecule has 3 saturated heterocycles. The summed E-state index contributed by atoms with van der Waals surface area (Å²) in [5.74, 6) is 1.24. The summed E-state index contributed by atoms with van der Waals surface area (Å²) in [6.45, 7) is 31.0. The lowest BCUT2D eigenvalue weighted by atomic mass is 10.1. The summed E-state index contributed by atoms with van der Waals surface area (Å²) < 4.78 is 0. The van der Waals surface area contributed by atoms with Gasteiger partial charge in [-0.15, -0.1) is 0 Å². The van der Waals surface area contributed by atoms with Gasteiger partial charge in [-0.05, 0) is 77.8 Å². The molecule has 3 aliphatic heterocycles. The second-order valence-corrected chi connectivity index (χ2v) is 13.6. The van der Waals surface area contributed by atoms with Gasteiger partial charge in [0.2, 0.25) is 0 Å². The topological polar surface area (TPSA) is 150 Å². The van der Waals surface area contributed by atoms with E-state index in [0.29, 0.717) is 23.9 Å². The number of rotatable bonds is 15. The molecule has 0 aliphatic carbocycles. The maximum absolute atomic E-state index is 5.88. The molecule has 0 saturated carbocycles. The lowest BCUT2D eigenvalue weighted by Crippen LogP contribution is -2.49. The summed E-state index contributed by atoms with van der Waals surface area (Å²) >= 11 is 0. The van der Waals surface area contributed by atoms with Crippen molar-refractivity contribution >= 4 is 0 Å². The van der Waals surface area contributed by atoms with Crippen molar-refractivity contribution in [2.75, 3.05) is 138 Å². The Balaban J connectivity index is 0.000000326. The molecule has 258 valence electrons. The molecular weight excluding hydrogens is 538 g/mol. The molecule has 3 fully saturated rings. The van der Waals surface area contributed by atoms with Gasteiger partial charge in [0.25, 0.3) is 0 Å². The predicted molar refractivity (Wildman–Crippen MR) is 186 cm³/mol. The molecule has 4 atom stereocenters. The zero-order valence-corrected chi connectivity index (χ0v) is 29.1. The quantitative estimate of drug-likeness (QED) is 0.162. The molecule has 0 aromatic carbocycles. The summed E-state index contributed by atoms with van der Waals surface area (Å²) in [6, 6.07) is 0.702. The highest BCUT2D eigenvalue weighted by Gasteiger charge is 2.19. The molecule has 3 aliphatic rings. The van der Waals surface area contributed by atoms with E-state index in [1.165, 1.54) is 78.5 Å². The zero-order valence-electron chi connectivity index (χ0n) is 29.1. The molecule has 0 aromatic heterocycles. The molecule has 0 aromatic rings. The van der Waals surface area contributed by atoms with Crippen molar-refractivity contribution in [3.63, 3.8) is 0 Å². The number of likely N-dealkylation sites (N-methyl/N-ethyl adjacent to an activating group) is 1. The van der Waals surface area contributed by atoms with Crippen LogP contribution in [-0.2, 0) is 0 Å². The SMILES string of the molecule is CC(CN)CN1CCN(CC(C)CN)CC1.CC(N)CCN1CCN(CCCN)CC1.CCC(N)CN1CCN(C)CC1. The van der Waals surface area contributed by atoms with Crippen molar-refractivity contribution in [2.24, 2.45) is 40.5 Å². The monoisotopic (exact) mass is 614 g/mol. The van der Waals surface area contributed by atoms with Crippen LogP contribution in [0.3, 0.4) is 0 Å². The van der Waals surface area contributed by atoms with E-state index in [2.05, 4.69) is 64.1 Å². The van der Waals surface area contributed by atoms with E-state index in [-0.39, 0.29) is 0 Å². The van der Waals surface area contributed by atoms with Crippen LogP contribution in [0.5, 0.6) is 0 Å². The Bertz CT molecular complexity index is 596. The number of hydrogen-bond donors (Lipinski definition) is 5. The molecule has 0 amide bonds. The smallest absolute Gasteiger partial charge is 0.0165 e. The summed E-state index contributed by atoms with van der Waals surface area (Å²) in [5.41, 5.74) is 28.4. The van der Waals surface area contributed by atoms with E-state index in [1.54, 1.807) is 0 Å². The van der Waals surface area contributed by atoms with Crippen LogP contribution in [0.15, 0.2) is 0 Å². The Kier molecular flexibility index (Phi) is 23.4. The van der Waals surface area contributed by atoms with Gasteiger partial charge in [0.05, 0.1) is 0 Å². The van der Waals surface area contributed by atoms with Crippen LogP contribution in [-0.4, -0.2) is 179 Å². The fourth-order valence-corrected chi connectivity index (χ4v) is 5.61. The predicted octanol–water partition coefficient (Wildman–Crippen LogP) is -0.545. The van der Waals surface area contributed by atoms with E-state index in [9.17, 15) is 0 Å². The van der Waals surface area contributed by atoms with Gasteiger partial charge in [0.15, 0.2) is 0 Å². The van der Waals surface area contributed by atoms with E-state index in [1.807, 2.05) is 0 Å². The first kappa shape index (κ1) is 40.6. The zero-order chi connectivity index (χ0) is 32.0. The number of piperazine rings is 3. The third-order valence-electron chi connectivity index (χ3n) is 9.07. The van der Waals surface area contributed by atoms with Crippen LogP contribution >= 0.6 is 0 Å². The molecule has 11 nitrogen and oxygen atoms in total. The summed E-state index contributed by atoms with van der Waals surface area (Å²) in [4.78, 5) is 14.9. The summed E-state index contributed by atoms with van der Waals surface area (Å²) in [6.07, 6.45) is 3.33. The number of hydrogen-bond acceptors (Lipinski definition) is 11. The fourth-order valence-electron chi connectivity index (χ4n) is 5.61. The first-order valence-electron chi connectivity index (χ1n) is 17.5. The lowest BCUT2D eigenvalue weighted by molar-refractivity contribution is 0.111. The first-order chi connectivity index (χ1) is 20.6. The van der Waals surface area contributed by atoms with E-state index < -0.39 is 0 Å². The van der Waals surface area contributed by atoms with Gasteiger partial charge in [0, 0.05) is 110 Å². The van der Waals surface area contributed by atoms with Crippen LogP contribution in [0.2, 0.25) is 0 Å². The van der Waals surface area contributed by atoms with Crippen molar-refractivity contribution in [1.82, 2.24) is 29.4 Å². The van der Waals surface area contributed by atoms with Crippen molar-refractivity contribution in [3.05, 3.63) is 0 Å². The molecule has 10 N–H and O–H groups in total.